The first kappa shape index (κ1) is 21.2. The van der Waals surface area contributed by atoms with Crippen LogP contribution in [-0.4, -0.2) is 46.9 Å². The zero-order valence-corrected chi connectivity index (χ0v) is 17.2. The number of amides is 2. The number of fused-ring (bicyclic) bond motifs is 1. The summed E-state index contributed by atoms with van der Waals surface area (Å²) in [6.45, 7) is 9.13. The number of nitrogens with one attached hydrogen (secondary N) is 1. The van der Waals surface area contributed by atoms with Gasteiger partial charge < -0.3 is 15.0 Å². The van der Waals surface area contributed by atoms with Gasteiger partial charge in [0.05, 0.1) is 11.1 Å². The maximum absolute atomic E-state index is 14.0. The van der Waals surface area contributed by atoms with Crippen LogP contribution in [0.5, 0.6) is 0 Å². The van der Waals surface area contributed by atoms with Crippen molar-refractivity contribution < 1.29 is 27.9 Å². The number of hydrogen-bond donors (Lipinski definition) is 1. The van der Waals surface area contributed by atoms with Crippen LogP contribution in [0.4, 0.5) is 13.6 Å². The molecule has 29 heavy (non-hydrogen) atoms. The third kappa shape index (κ3) is 4.26. The van der Waals surface area contributed by atoms with E-state index in [1.807, 2.05) is 0 Å². The van der Waals surface area contributed by atoms with Gasteiger partial charge in [0.2, 0.25) is 5.91 Å². The van der Waals surface area contributed by atoms with Gasteiger partial charge in [-0.1, -0.05) is 6.07 Å². The second kappa shape index (κ2) is 7.07. The molecule has 1 N–H and O–H groups in total. The van der Waals surface area contributed by atoms with Crippen molar-refractivity contribution in [3.8, 4) is 0 Å². The van der Waals surface area contributed by atoms with Crippen LogP contribution in [0.15, 0.2) is 18.2 Å². The van der Waals surface area contributed by atoms with Crippen LogP contribution in [0, 0.1) is 29.4 Å². The number of rotatable bonds is 4. The second-order valence-corrected chi connectivity index (χ2v) is 9.28. The SMILES string of the molecule is CC(C)(C)OC(=O)N1C[C@@H]2C(C(=O)NC(C)(C)C(=O)c3cccc(F)c3F)[C@@H]2C1. The van der Waals surface area contributed by atoms with Crippen molar-refractivity contribution in [2.24, 2.45) is 17.8 Å². The summed E-state index contributed by atoms with van der Waals surface area (Å²) < 4.78 is 32.7. The molecule has 0 radical (unpaired) electrons. The highest BCUT2D eigenvalue weighted by Crippen LogP contribution is 2.52. The lowest BCUT2D eigenvalue weighted by atomic mass is 9.92. The number of carbonyl (C=O) groups is 3. The molecule has 6 nitrogen and oxygen atoms in total. The van der Waals surface area contributed by atoms with Crippen molar-refractivity contribution in [1.82, 2.24) is 10.2 Å². The van der Waals surface area contributed by atoms with Gasteiger partial charge in [0.25, 0.3) is 0 Å². The first-order valence-corrected chi connectivity index (χ1v) is 9.60. The average molecular weight is 408 g/mol. The van der Waals surface area contributed by atoms with E-state index in [4.69, 9.17) is 4.74 Å². The van der Waals surface area contributed by atoms with Gasteiger partial charge in [-0.2, -0.15) is 0 Å². The van der Waals surface area contributed by atoms with E-state index >= 15 is 0 Å². The Bertz CT molecular complexity index is 851. The quantitative estimate of drug-likeness (QED) is 0.777. The summed E-state index contributed by atoms with van der Waals surface area (Å²) in [7, 11) is 0. The number of likely N-dealkylation sites (tertiary alicyclic amines) is 1. The number of carbonyl (C=O) groups excluding carboxylic acids is 3. The van der Waals surface area contributed by atoms with Gasteiger partial charge in [-0.3, -0.25) is 9.59 Å². The van der Waals surface area contributed by atoms with E-state index in [0.717, 1.165) is 6.07 Å². The number of Topliss-reactive ketones (excluding diaryl/α,β-unsaturated/α-hetero) is 1. The minimum absolute atomic E-state index is 0.0133. The molecule has 1 aliphatic heterocycles. The standard InChI is InChI=1S/C21H26F2N2O4/c1-20(2,3)29-19(28)25-9-12-13(10-25)15(12)18(27)24-21(4,5)17(26)11-7-6-8-14(22)16(11)23/h6-8,12-13,15H,9-10H2,1-5H3,(H,24,27)/t12-,13+,15?. The smallest absolute Gasteiger partial charge is 0.410 e. The molecule has 3 rings (SSSR count). The number of halogens is 2. The zero-order chi connectivity index (χ0) is 21.7. The summed E-state index contributed by atoms with van der Waals surface area (Å²) in [6.07, 6.45) is -0.402. The molecule has 1 saturated carbocycles. The number of nitrogens with zero attached hydrogens (tertiary/aromatic N) is 1. The van der Waals surface area contributed by atoms with Crippen molar-refractivity contribution >= 4 is 17.8 Å². The summed E-state index contributed by atoms with van der Waals surface area (Å²) in [5.41, 5.74) is -2.38. The topological polar surface area (TPSA) is 75.7 Å². The highest BCUT2D eigenvalue weighted by atomic mass is 19.2. The summed E-state index contributed by atoms with van der Waals surface area (Å²) >= 11 is 0. The van der Waals surface area contributed by atoms with Gasteiger partial charge in [0.15, 0.2) is 17.4 Å². The second-order valence-electron chi connectivity index (χ2n) is 9.28. The van der Waals surface area contributed by atoms with Crippen molar-refractivity contribution in [2.45, 2.75) is 45.8 Å². The fourth-order valence-corrected chi connectivity index (χ4v) is 3.85. The highest BCUT2D eigenvalue weighted by molar-refractivity contribution is 6.05. The molecule has 0 spiro atoms. The molecule has 1 saturated heterocycles. The molecule has 1 unspecified atom stereocenters. The van der Waals surface area contributed by atoms with Crippen LogP contribution < -0.4 is 5.32 Å². The minimum atomic E-state index is -1.40. The molecule has 1 heterocycles. The van der Waals surface area contributed by atoms with E-state index < -0.39 is 40.2 Å². The van der Waals surface area contributed by atoms with Crippen molar-refractivity contribution in [3.63, 3.8) is 0 Å². The molecule has 1 aromatic rings. The molecule has 1 aliphatic carbocycles. The Labute approximate surface area is 168 Å². The number of benzene rings is 1. The molecule has 2 fully saturated rings. The van der Waals surface area contributed by atoms with Crippen molar-refractivity contribution in [3.05, 3.63) is 35.4 Å². The van der Waals surface area contributed by atoms with Crippen LogP contribution in [-0.2, 0) is 9.53 Å². The predicted molar refractivity (Wildman–Crippen MR) is 101 cm³/mol. The number of hydrogen-bond acceptors (Lipinski definition) is 4. The molecule has 2 aliphatic rings. The molecular weight excluding hydrogens is 382 g/mol. The summed E-state index contributed by atoms with van der Waals surface area (Å²) in [5.74, 6) is -3.65. The van der Waals surface area contributed by atoms with Crippen LogP contribution in [0.25, 0.3) is 0 Å². The molecule has 158 valence electrons. The maximum atomic E-state index is 14.0. The van der Waals surface area contributed by atoms with Crippen molar-refractivity contribution in [1.29, 1.82) is 0 Å². The fraction of sp³-hybridized carbons (Fsp3) is 0.571. The lowest BCUT2D eigenvalue weighted by Gasteiger charge is -2.27. The highest BCUT2D eigenvalue weighted by Gasteiger charge is 2.61. The monoisotopic (exact) mass is 408 g/mol. The molecular formula is C21H26F2N2O4. The number of piperidine rings is 1. The Kier molecular flexibility index (Phi) is 5.17. The maximum Gasteiger partial charge on any atom is 0.410 e. The lowest BCUT2D eigenvalue weighted by Crippen LogP contribution is -2.51. The lowest BCUT2D eigenvalue weighted by molar-refractivity contribution is -0.124. The van der Waals surface area contributed by atoms with E-state index in [0.29, 0.717) is 13.1 Å². The van der Waals surface area contributed by atoms with Gasteiger partial charge in [-0.25, -0.2) is 13.6 Å². The number of ether oxygens (including phenoxy) is 1. The van der Waals surface area contributed by atoms with E-state index in [1.165, 1.54) is 26.0 Å². The molecule has 0 aromatic heterocycles. The van der Waals surface area contributed by atoms with Gasteiger partial charge >= 0.3 is 6.09 Å². The van der Waals surface area contributed by atoms with E-state index in [2.05, 4.69) is 5.32 Å². The molecule has 8 heteroatoms. The zero-order valence-electron chi connectivity index (χ0n) is 17.2. The Morgan fingerprint density at radius 3 is 2.21 bits per heavy atom. The Morgan fingerprint density at radius 2 is 1.66 bits per heavy atom. The summed E-state index contributed by atoms with van der Waals surface area (Å²) in [4.78, 5) is 39.0. The normalized spacial score (nSPS) is 23.4. The van der Waals surface area contributed by atoms with Crippen LogP contribution in [0.3, 0.4) is 0 Å². The Morgan fingerprint density at radius 1 is 1.07 bits per heavy atom. The molecule has 0 bridgehead atoms. The van der Waals surface area contributed by atoms with E-state index in [-0.39, 0.29) is 23.7 Å². The third-order valence-electron chi connectivity index (χ3n) is 5.35. The largest absolute Gasteiger partial charge is 0.444 e. The Hall–Kier alpha value is -2.51. The molecule has 3 atom stereocenters. The van der Waals surface area contributed by atoms with Gasteiger partial charge in [-0.15, -0.1) is 0 Å². The van der Waals surface area contributed by atoms with Crippen molar-refractivity contribution in [2.75, 3.05) is 13.1 Å². The van der Waals surface area contributed by atoms with Crippen LogP contribution in [0.2, 0.25) is 0 Å². The van der Waals surface area contributed by atoms with Gasteiger partial charge in [-0.05, 0) is 58.6 Å². The predicted octanol–water partition coefficient (Wildman–Crippen LogP) is 3.16. The first-order chi connectivity index (χ1) is 13.3. The molecule has 2 amide bonds. The molecule has 1 aromatic carbocycles. The number of ketones is 1. The van der Waals surface area contributed by atoms with E-state index in [9.17, 15) is 23.2 Å². The van der Waals surface area contributed by atoms with Gasteiger partial charge in [0, 0.05) is 19.0 Å². The Balaban J connectivity index is 1.59. The third-order valence-corrected chi connectivity index (χ3v) is 5.35. The minimum Gasteiger partial charge on any atom is -0.444 e. The average Bonchev–Trinajstić information content (AvgIpc) is 3.09. The van der Waals surface area contributed by atoms with Crippen LogP contribution in [0.1, 0.15) is 45.0 Å². The summed E-state index contributed by atoms with van der Waals surface area (Å²) in [5, 5.41) is 2.66. The van der Waals surface area contributed by atoms with E-state index in [1.54, 1.807) is 25.7 Å². The fourth-order valence-electron chi connectivity index (χ4n) is 3.85. The summed E-state index contributed by atoms with van der Waals surface area (Å²) in [6, 6.07) is 3.37. The van der Waals surface area contributed by atoms with Crippen LogP contribution >= 0.6 is 0 Å². The first-order valence-electron chi connectivity index (χ1n) is 9.60. The van der Waals surface area contributed by atoms with Gasteiger partial charge in [0.1, 0.15) is 5.60 Å².